The number of pyridine rings is 1. The van der Waals surface area contributed by atoms with Gasteiger partial charge in [0.25, 0.3) is 0 Å². The number of Topliss-reactive ketones (excluding diaryl/α,β-unsaturated/α-hetero) is 1. The predicted molar refractivity (Wildman–Crippen MR) is 155 cm³/mol. The van der Waals surface area contributed by atoms with Crippen molar-refractivity contribution in [2.75, 3.05) is 80.4 Å². The van der Waals surface area contributed by atoms with Crippen molar-refractivity contribution in [3.63, 3.8) is 0 Å². The highest BCUT2D eigenvalue weighted by Gasteiger charge is 2.44. The molecular formula is C29H42N6O5. The van der Waals surface area contributed by atoms with Crippen LogP contribution in [0, 0.1) is 0 Å². The average molecular weight is 555 g/mol. The summed E-state index contributed by atoms with van der Waals surface area (Å²) in [5.74, 6) is 1.39. The van der Waals surface area contributed by atoms with E-state index in [0.29, 0.717) is 45.8 Å². The highest BCUT2D eigenvalue weighted by Crippen LogP contribution is 2.32. The van der Waals surface area contributed by atoms with E-state index >= 15 is 0 Å². The lowest BCUT2D eigenvalue weighted by Crippen LogP contribution is -2.54. The number of fused-ring (bicyclic) bond motifs is 1. The highest BCUT2D eigenvalue weighted by molar-refractivity contribution is 6.03. The molecule has 2 unspecified atom stereocenters. The third kappa shape index (κ3) is 6.41. The van der Waals surface area contributed by atoms with Crippen LogP contribution < -0.4 is 14.7 Å². The number of piperazine rings is 1. The molecule has 0 aliphatic carbocycles. The number of aromatic nitrogens is 1. The Morgan fingerprint density at radius 2 is 1.75 bits per heavy atom. The molecular weight excluding hydrogens is 512 g/mol. The Morgan fingerprint density at radius 3 is 2.42 bits per heavy atom. The van der Waals surface area contributed by atoms with E-state index in [2.05, 4.69) is 47.8 Å². The van der Waals surface area contributed by atoms with Gasteiger partial charge in [-0.3, -0.25) is 9.59 Å². The number of hydrogen-bond acceptors (Lipinski definition) is 9. The molecule has 0 spiro atoms. The number of ether oxygens (including phenoxy) is 2. The van der Waals surface area contributed by atoms with Gasteiger partial charge in [-0.15, -0.1) is 13.2 Å². The molecule has 0 radical (unpaired) electrons. The van der Waals surface area contributed by atoms with Crippen LogP contribution in [0.25, 0.3) is 0 Å². The van der Waals surface area contributed by atoms with Gasteiger partial charge in [-0.05, 0) is 38.8 Å². The Kier molecular flexibility index (Phi) is 10.0. The van der Waals surface area contributed by atoms with Crippen molar-refractivity contribution in [1.82, 2.24) is 14.8 Å². The Balaban J connectivity index is 1.37. The van der Waals surface area contributed by atoms with Crippen LogP contribution in [0.3, 0.4) is 0 Å². The summed E-state index contributed by atoms with van der Waals surface area (Å²) in [6.45, 7) is 17.5. The molecule has 2 atom stereocenters. The molecule has 3 aliphatic rings. The van der Waals surface area contributed by atoms with Crippen LogP contribution in [0.15, 0.2) is 37.4 Å². The quantitative estimate of drug-likeness (QED) is 0.219. The molecule has 3 saturated heterocycles. The van der Waals surface area contributed by atoms with Gasteiger partial charge in [0, 0.05) is 58.9 Å². The van der Waals surface area contributed by atoms with E-state index in [-0.39, 0.29) is 30.9 Å². The van der Waals surface area contributed by atoms with E-state index in [0.717, 1.165) is 43.3 Å². The maximum Gasteiger partial charge on any atom is 0.412 e. The van der Waals surface area contributed by atoms with Crippen LogP contribution in [-0.4, -0.2) is 110 Å². The standard InChI is InChI=1S/C29H42N6O5/c1-5-13-31(7-3)23-11-12-25(32(8-4)14-6-2)30-28(23)33-16-18-34(19-17-33)29(38)40-21-39-27-22-10-9-15-35(22)26(37)20-24(27)36/h5-6,11-12,22,27H,1-2,7-10,13-21H2,3-4H3. The van der Waals surface area contributed by atoms with Gasteiger partial charge in [-0.2, -0.15) is 0 Å². The van der Waals surface area contributed by atoms with E-state index in [1.165, 1.54) is 0 Å². The number of likely N-dealkylation sites (N-methyl/N-ethyl adjacent to an activating group) is 2. The summed E-state index contributed by atoms with van der Waals surface area (Å²) >= 11 is 0. The largest absolute Gasteiger partial charge is 0.422 e. The molecule has 3 fully saturated rings. The lowest BCUT2D eigenvalue weighted by molar-refractivity contribution is -0.160. The second-order valence-corrected chi connectivity index (χ2v) is 10.2. The molecule has 0 aromatic carbocycles. The van der Waals surface area contributed by atoms with Crippen LogP contribution in [-0.2, 0) is 19.1 Å². The number of ketones is 1. The smallest absolute Gasteiger partial charge is 0.412 e. The third-order valence-corrected chi connectivity index (χ3v) is 7.85. The lowest BCUT2D eigenvalue weighted by atomic mass is 9.97. The van der Waals surface area contributed by atoms with Crippen molar-refractivity contribution in [3.8, 4) is 0 Å². The van der Waals surface area contributed by atoms with E-state index < -0.39 is 12.2 Å². The predicted octanol–water partition coefficient (Wildman–Crippen LogP) is 2.67. The fourth-order valence-corrected chi connectivity index (χ4v) is 5.72. The summed E-state index contributed by atoms with van der Waals surface area (Å²) in [5, 5.41) is 0. The Hall–Kier alpha value is -3.60. The number of carbonyl (C=O) groups excluding carboxylic acids is 3. The van der Waals surface area contributed by atoms with Crippen molar-refractivity contribution in [1.29, 1.82) is 0 Å². The molecule has 0 N–H and O–H groups in total. The second kappa shape index (κ2) is 13.6. The molecule has 218 valence electrons. The van der Waals surface area contributed by atoms with Crippen molar-refractivity contribution < 1.29 is 23.9 Å². The van der Waals surface area contributed by atoms with E-state index in [4.69, 9.17) is 14.5 Å². The lowest BCUT2D eigenvalue weighted by Gasteiger charge is -2.38. The first-order valence-electron chi connectivity index (χ1n) is 14.2. The van der Waals surface area contributed by atoms with Gasteiger partial charge in [0.15, 0.2) is 18.4 Å². The Morgan fingerprint density at radius 1 is 1.05 bits per heavy atom. The Labute approximate surface area is 237 Å². The maximum absolute atomic E-state index is 12.8. The minimum Gasteiger partial charge on any atom is -0.422 e. The van der Waals surface area contributed by atoms with E-state index in [1.807, 2.05) is 18.2 Å². The molecule has 3 aliphatic heterocycles. The maximum atomic E-state index is 12.8. The molecule has 4 heterocycles. The minimum absolute atomic E-state index is 0.139. The molecule has 1 aromatic rings. The molecule has 2 amide bonds. The van der Waals surface area contributed by atoms with E-state index in [1.54, 1.807) is 9.80 Å². The number of hydrogen-bond donors (Lipinski definition) is 0. The number of rotatable bonds is 12. The molecule has 4 rings (SSSR count). The summed E-state index contributed by atoms with van der Waals surface area (Å²) in [6, 6.07) is 3.90. The topological polar surface area (TPSA) is 98.8 Å². The fourth-order valence-electron chi connectivity index (χ4n) is 5.72. The van der Waals surface area contributed by atoms with Crippen molar-refractivity contribution in [2.24, 2.45) is 0 Å². The molecule has 0 saturated carbocycles. The minimum atomic E-state index is -0.734. The first-order chi connectivity index (χ1) is 19.4. The van der Waals surface area contributed by atoms with Gasteiger partial charge in [0.05, 0.1) is 18.2 Å². The number of nitrogens with zero attached hydrogens (tertiary/aromatic N) is 6. The number of carbonyl (C=O) groups is 3. The number of anilines is 3. The average Bonchev–Trinajstić information content (AvgIpc) is 3.47. The molecule has 0 bridgehead atoms. The fraction of sp³-hybridized carbons (Fsp3) is 0.586. The zero-order valence-corrected chi connectivity index (χ0v) is 23.8. The van der Waals surface area contributed by atoms with Gasteiger partial charge in [0.1, 0.15) is 11.9 Å². The zero-order valence-electron chi connectivity index (χ0n) is 23.8. The van der Waals surface area contributed by atoms with Crippen LogP contribution in [0.4, 0.5) is 22.1 Å². The zero-order chi connectivity index (χ0) is 28.6. The first-order valence-corrected chi connectivity index (χ1v) is 14.2. The normalized spacial score (nSPS) is 20.8. The summed E-state index contributed by atoms with van der Waals surface area (Å²) in [6.07, 6.45) is 3.96. The number of piperidine rings is 1. The summed E-state index contributed by atoms with van der Waals surface area (Å²) in [5.41, 5.74) is 1.03. The van der Waals surface area contributed by atoms with Gasteiger partial charge in [-0.25, -0.2) is 9.78 Å². The second-order valence-electron chi connectivity index (χ2n) is 10.2. The molecule has 40 heavy (non-hydrogen) atoms. The van der Waals surface area contributed by atoms with Gasteiger partial charge < -0.3 is 34.0 Å². The Bertz CT molecular complexity index is 1090. The van der Waals surface area contributed by atoms with Gasteiger partial charge in [0.2, 0.25) is 5.91 Å². The first kappa shape index (κ1) is 29.4. The summed E-state index contributed by atoms with van der Waals surface area (Å²) in [4.78, 5) is 52.3. The van der Waals surface area contributed by atoms with Crippen LogP contribution in [0.1, 0.15) is 33.1 Å². The van der Waals surface area contributed by atoms with Crippen LogP contribution in [0.5, 0.6) is 0 Å². The summed E-state index contributed by atoms with van der Waals surface area (Å²) in [7, 11) is 0. The third-order valence-electron chi connectivity index (χ3n) is 7.85. The van der Waals surface area contributed by atoms with Crippen molar-refractivity contribution in [2.45, 2.75) is 45.3 Å². The molecule has 11 nitrogen and oxygen atoms in total. The van der Waals surface area contributed by atoms with Crippen molar-refractivity contribution in [3.05, 3.63) is 37.4 Å². The monoisotopic (exact) mass is 554 g/mol. The summed E-state index contributed by atoms with van der Waals surface area (Å²) < 4.78 is 11.1. The molecule has 11 heteroatoms. The van der Waals surface area contributed by atoms with E-state index in [9.17, 15) is 14.4 Å². The van der Waals surface area contributed by atoms with Crippen LogP contribution >= 0.6 is 0 Å². The van der Waals surface area contributed by atoms with Crippen LogP contribution in [0.2, 0.25) is 0 Å². The van der Waals surface area contributed by atoms with Gasteiger partial charge >= 0.3 is 6.09 Å². The van der Waals surface area contributed by atoms with Crippen molar-refractivity contribution >= 4 is 35.1 Å². The SMILES string of the molecule is C=CCN(CC)c1ccc(N(CC)CC=C)c(N2CCN(C(=O)OCOC3C(=O)CC(=O)N4CCCC34)CC2)n1. The molecule has 1 aromatic heterocycles. The van der Waals surface area contributed by atoms with Gasteiger partial charge in [-0.1, -0.05) is 12.2 Å². The highest BCUT2D eigenvalue weighted by atomic mass is 16.7. The number of amides is 2.